The normalized spacial score (nSPS) is 15.8. The standard InChI is InChI=1S/C13H11F3N2O2S/c14-13(15,16)12-18-6-10(21-12)11(17)7-1-2-8-9(5-7)20-4-3-19-8/h1-2,5-6,11H,3-4,17H2. The lowest BCUT2D eigenvalue weighted by Gasteiger charge is -2.20. The lowest BCUT2D eigenvalue weighted by atomic mass is 10.1. The third-order valence-electron chi connectivity index (χ3n) is 3.00. The Morgan fingerprint density at radius 1 is 1.19 bits per heavy atom. The number of alkyl halides is 3. The molecule has 0 aliphatic carbocycles. The Morgan fingerprint density at radius 3 is 2.57 bits per heavy atom. The number of benzene rings is 1. The van der Waals surface area contributed by atoms with Crippen molar-refractivity contribution in [3.05, 3.63) is 39.8 Å². The smallest absolute Gasteiger partial charge is 0.443 e. The number of fused-ring (bicyclic) bond motifs is 1. The van der Waals surface area contributed by atoms with Crippen molar-refractivity contribution >= 4 is 11.3 Å². The molecule has 2 heterocycles. The van der Waals surface area contributed by atoms with Crippen molar-refractivity contribution < 1.29 is 22.6 Å². The third kappa shape index (κ3) is 2.81. The molecule has 0 saturated heterocycles. The summed E-state index contributed by atoms with van der Waals surface area (Å²) in [5.74, 6) is 1.16. The highest BCUT2D eigenvalue weighted by molar-refractivity contribution is 7.11. The van der Waals surface area contributed by atoms with Gasteiger partial charge in [0, 0.05) is 11.1 Å². The zero-order chi connectivity index (χ0) is 15.0. The maximum Gasteiger partial charge on any atom is 0.443 e. The van der Waals surface area contributed by atoms with Gasteiger partial charge >= 0.3 is 6.18 Å². The molecule has 1 atom stereocenters. The van der Waals surface area contributed by atoms with Crippen LogP contribution < -0.4 is 15.2 Å². The van der Waals surface area contributed by atoms with Gasteiger partial charge in [0.15, 0.2) is 16.5 Å². The second-order valence-corrected chi connectivity index (χ2v) is 5.51. The maximum atomic E-state index is 12.6. The molecular formula is C13H11F3N2O2S. The van der Waals surface area contributed by atoms with E-state index in [1.165, 1.54) is 0 Å². The fourth-order valence-electron chi connectivity index (χ4n) is 1.98. The van der Waals surface area contributed by atoms with Crippen molar-refractivity contribution in [2.75, 3.05) is 13.2 Å². The number of thiazole rings is 1. The van der Waals surface area contributed by atoms with E-state index >= 15 is 0 Å². The predicted molar refractivity (Wildman–Crippen MR) is 70.6 cm³/mol. The van der Waals surface area contributed by atoms with Gasteiger partial charge in [-0.05, 0) is 17.7 Å². The first kappa shape index (κ1) is 14.2. The number of nitrogens with two attached hydrogens (primary N) is 1. The molecule has 112 valence electrons. The van der Waals surface area contributed by atoms with Crippen molar-refractivity contribution in [3.8, 4) is 11.5 Å². The maximum absolute atomic E-state index is 12.6. The Balaban J connectivity index is 1.88. The molecule has 0 saturated carbocycles. The van der Waals surface area contributed by atoms with Gasteiger partial charge in [-0.15, -0.1) is 11.3 Å². The Bertz CT molecular complexity index is 657. The molecule has 0 fully saturated rings. The van der Waals surface area contributed by atoms with E-state index in [2.05, 4.69) is 4.98 Å². The summed E-state index contributed by atoms with van der Waals surface area (Å²) in [7, 11) is 0. The summed E-state index contributed by atoms with van der Waals surface area (Å²) in [6, 6.07) is 4.42. The van der Waals surface area contributed by atoms with Crippen LogP contribution in [-0.2, 0) is 6.18 Å². The van der Waals surface area contributed by atoms with Crippen LogP contribution in [-0.4, -0.2) is 18.2 Å². The fourth-order valence-corrected chi connectivity index (χ4v) is 2.79. The number of nitrogens with zero attached hydrogens (tertiary/aromatic N) is 1. The molecule has 2 aromatic rings. The molecule has 3 rings (SSSR count). The summed E-state index contributed by atoms with van der Waals surface area (Å²) in [4.78, 5) is 3.73. The molecule has 0 radical (unpaired) electrons. The first-order chi connectivity index (χ1) is 9.95. The van der Waals surface area contributed by atoms with Crippen LogP contribution in [0.5, 0.6) is 11.5 Å². The molecule has 8 heteroatoms. The van der Waals surface area contributed by atoms with E-state index in [1.54, 1.807) is 18.2 Å². The zero-order valence-electron chi connectivity index (χ0n) is 10.7. The van der Waals surface area contributed by atoms with Crippen LogP contribution in [0, 0.1) is 0 Å². The Kier molecular flexibility index (Phi) is 3.50. The molecule has 1 unspecified atom stereocenters. The van der Waals surface area contributed by atoms with E-state index in [0.29, 0.717) is 46.5 Å². The highest BCUT2D eigenvalue weighted by atomic mass is 32.1. The molecule has 4 nitrogen and oxygen atoms in total. The van der Waals surface area contributed by atoms with Crippen molar-refractivity contribution in [3.63, 3.8) is 0 Å². The average Bonchev–Trinajstić information content (AvgIpc) is 2.96. The number of hydrogen-bond donors (Lipinski definition) is 1. The number of hydrogen-bond acceptors (Lipinski definition) is 5. The van der Waals surface area contributed by atoms with E-state index < -0.39 is 17.2 Å². The minimum absolute atomic E-state index is 0.346. The summed E-state index contributed by atoms with van der Waals surface area (Å²) in [5, 5.41) is -0.898. The van der Waals surface area contributed by atoms with Crippen LogP contribution >= 0.6 is 11.3 Å². The van der Waals surface area contributed by atoms with E-state index in [1.807, 2.05) is 0 Å². The summed E-state index contributed by atoms with van der Waals surface area (Å²) >= 11 is 0.547. The van der Waals surface area contributed by atoms with Gasteiger partial charge < -0.3 is 15.2 Å². The largest absolute Gasteiger partial charge is 0.486 e. The highest BCUT2D eigenvalue weighted by Crippen LogP contribution is 2.37. The zero-order valence-corrected chi connectivity index (χ0v) is 11.5. The fraction of sp³-hybridized carbons (Fsp3) is 0.308. The topological polar surface area (TPSA) is 57.4 Å². The highest BCUT2D eigenvalue weighted by Gasteiger charge is 2.35. The lowest BCUT2D eigenvalue weighted by Crippen LogP contribution is -2.16. The second kappa shape index (κ2) is 5.19. The monoisotopic (exact) mass is 316 g/mol. The molecule has 2 N–H and O–H groups in total. The average molecular weight is 316 g/mol. The third-order valence-corrected chi connectivity index (χ3v) is 4.12. The van der Waals surface area contributed by atoms with Crippen LogP contribution in [0.25, 0.3) is 0 Å². The molecule has 1 aromatic heterocycles. The Hall–Kier alpha value is -1.80. The molecule has 21 heavy (non-hydrogen) atoms. The first-order valence-electron chi connectivity index (χ1n) is 6.13. The second-order valence-electron chi connectivity index (χ2n) is 4.45. The number of rotatable bonds is 2. The predicted octanol–water partition coefficient (Wildman–Crippen LogP) is 2.98. The Labute approximate surface area is 122 Å². The summed E-state index contributed by atoms with van der Waals surface area (Å²) in [6.07, 6.45) is -3.29. The van der Waals surface area contributed by atoms with Crippen LogP contribution in [0.15, 0.2) is 24.4 Å². The molecule has 1 aliphatic rings. The van der Waals surface area contributed by atoms with E-state index in [-0.39, 0.29) is 0 Å². The van der Waals surface area contributed by atoms with Gasteiger partial charge in [0.05, 0.1) is 6.04 Å². The molecular weight excluding hydrogens is 305 g/mol. The minimum atomic E-state index is -4.45. The van der Waals surface area contributed by atoms with Crippen molar-refractivity contribution in [2.45, 2.75) is 12.2 Å². The molecule has 1 aliphatic heterocycles. The van der Waals surface area contributed by atoms with E-state index in [9.17, 15) is 13.2 Å². The van der Waals surface area contributed by atoms with Gasteiger partial charge in [0.25, 0.3) is 0 Å². The Morgan fingerprint density at radius 2 is 1.90 bits per heavy atom. The number of halogens is 3. The molecule has 0 amide bonds. The van der Waals surface area contributed by atoms with Gasteiger partial charge in [-0.25, -0.2) is 4.98 Å². The van der Waals surface area contributed by atoms with Gasteiger partial charge in [-0.1, -0.05) is 6.07 Å². The van der Waals surface area contributed by atoms with Crippen molar-refractivity contribution in [2.24, 2.45) is 5.73 Å². The van der Waals surface area contributed by atoms with Gasteiger partial charge in [0.1, 0.15) is 13.2 Å². The first-order valence-corrected chi connectivity index (χ1v) is 6.95. The van der Waals surface area contributed by atoms with Crippen LogP contribution in [0.4, 0.5) is 13.2 Å². The molecule has 0 spiro atoms. The summed E-state index contributed by atoms with van der Waals surface area (Å²) < 4.78 is 48.5. The van der Waals surface area contributed by atoms with Gasteiger partial charge in [-0.2, -0.15) is 13.2 Å². The van der Waals surface area contributed by atoms with Crippen LogP contribution in [0.3, 0.4) is 0 Å². The summed E-state index contributed by atoms with van der Waals surface area (Å²) in [6.45, 7) is 0.909. The lowest BCUT2D eigenvalue weighted by molar-refractivity contribution is -0.137. The minimum Gasteiger partial charge on any atom is -0.486 e. The quantitative estimate of drug-likeness (QED) is 0.925. The molecule has 1 aromatic carbocycles. The number of ether oxygens (including phenoxy) is 2. The van der Waals surface area contributed by atoms with Gasteiger partial charge in [-0.3, -0.25) is 0 Å². The van der Waals surface area contributed by atoms with Gasteiger partial charge in [0.2, 0.25) is 0 Å². The van der Waals surface area contributed by atoms with E-state index in [4.69, 9.17) is 15.2 Å². The SMILES string of the molecule is NC(c1ccc2c(c1)OCCO2)c1cnc(C(F)(F)F)s1. The van der Waals surface area contributed by atoms with E-state index in [0.717, 1.165) is 6.20 Å². The van der Waals surface area contributed by atoms with Crippen molar-refractivity contribution in [1.29, 1.82) is 0 Å². The van der Waals surface area contributed by atoms with Crippen LogP contribution in [0.2, 0.25) is 0 Å². The van der Waals surface area contributed by atoms with Crippen LogP contribution in [0.1, 0.15) is 21.5 Å². The van der Waals surface area contributed by atoms with Crippen molar-refractivity contribution in [1.82, 2.24) is 4.98 Å². The molecule has 0 bridgehead atoms. The summed E-state index contributed by atoms with van der Waals surface area (Å²) in [5.41, 5.74) is 6.66. The number of aromatic nitrogens is 1.